The zero-order valence-electron chi connectivity index (χ0n) is 10.9. The number of ketones is 1. The van der Waals surface area contributed by atoms with E-state index in [0.29, 0.717) is 16.9 Å². The van der Waals surface area contributed by atoms with Crippen LogP contribution in [0.25, 0.3) is 0 Å². The van der Waals surface area contributed by atoms with Crippen LogP contribution in [0, 0.1) is 5.82 Å². The third kappa shape index (κ3) is 3.68. The van der Waals surface area contributed by atoms with Crippen LogP contribution in [0.3, 0.4) is 0 Å². The van der Waals surface area contributed by atoms with Crippen LogP contribution in [0.15, 0.2) is 60.3 Å². The van der Waals surface area contributed by atoms with Crippen molar-refractivity contribution in [2.24, 2.45) is 0 Å². The fourth-order valence-corrected chi connectivity index (χ4v) is 1.90. The van der Waals surface area contributed by atoms with Gasteiger partial charge in [-0.1, -0.05) is 41.9 Å². The zero-order valence-corrected chi connectivity index (χ0v) is 11.6. The van der Waals surface area contributed by atoms with Crippen molar-refractivity contribution in [3.05, 3.63) is 76.7 Å². The molecule has 2 rings (SSSR count). The van der Waals surface area contributed by atoms with Gasteiger partial charge in [-0.25, -0.2) is 4.39 Å². The Morgan fingerprint density at radius 1 is 1.20 bits per heavy atom. The second-order valence-corrected chi connectivity index (χ2v) is 4.72. The summed E-state index contributed by atoms with van der Waals surface area (Å²) >= 11 is 5.70. The van der Waals surface area contributed by atoms with E-state index >= 15 is 0 Å². The summed E-state index contributed by atoms with van der Waals surface area (Å²) in [6, 6.07) is 13.3. The second kappa shape index (κ2) is 6.35. The standard InChI is InChI=1S/C16H13ClFNO/c1-11(9-16(20)12-5-3-2-4-6-12)19-13-7-8-15(18)14(17)10-13/h2-10,19H,1H3. The molecule has 0 atom stereocenters. The molecule has 0 bridgehead atoms. The summed E-state index contributed by atoms with van der Waals surface area (Å²) < 4.78 is 13.0. The molecule has 1 N–H and O–H groups in total. The van der Waals surface area contributed by atoms with Crippen molar-refractivity contribution in [3.8, 4) is 0 Å². The highest BCUT2D eigenvalue weighted by atomic mass is 35.5. The third-order valence-electron chi connectivity index (χ3n) is 2.67. The maximum Gasteiger partial charge on any atom is 0.187 e. The van der Waals surface area contributed by atoms with E-state index in [1.54, 1.807) is 25.1 Å². The average Bonchev–Trinajstić information content (AvgIpc) is 2.44. The minimum absolute atomic E-state index is 0.0391. The third-order valence-corrected chi connectivity index (χ3v) is 2.96. The number of hydrogen-bond donors (Lipinski definition) is 1. The van der Waals surface area contributed by atoms with Gasteiger partial charge < -0.3 is 5.32 Å². The predicted octanol–water partition coefficient (Wildman–Crippen LogP) is 4.68. The first kappa shape index (κ1) is 14.3. The molecule has 0 aliphatic heterocycles. The lowest BCUT2D eigenvalue weighted by Gasteiger charge is -2.07. The first-order valence-electron chi connectivity index (χ1n) is 6.06. The summed E-state index contributed by atoms with van der Waals surface area (Å²) in [5, 5.41) is 3.04. The molecule has 0 saturated heterocycles. The van der Waals surface area contributed by atoms with Gasteiger partial charge in [0.15, 0.2) is 5.78 Å². The maximum atomic E-state index is 13.0. The topological polar surface area (TPSA) is 29.1 Å². The first-order valence-corrected chi connectivity index (χ1v) is 6.44. The quantitative estimate of drug-likeness (QED) is 0.654. The fraction of sp³-hybridized carbons (Fsp3) is 0.0625. The number of halogens is 2. The van der Waals surface area contributed by atoms with Crippen molar-refractivity contribution in [1.82, 2.24) is 0 Å². The van der Waals surface area contributed by atoms with Crippen LogP contribution in [-0.4, -0.2) is 5.78 Å². The van der Waals surface area contributed by atoms with Crippen molar-refractivity contribution < 1.29 is 9.18 Å². The van der Waals surface area contributed by atoms with Gasteiger partial charge >= 0.3 is 0 Å². The molecule has 2 aromatic rings. The van der Waals surface area contributed by atoms with Gasteiger partial charge in [0.2, 0.25) is 0 Å². The minimum atomic E-state index is -0.473. The van der Waals surface area contributed by atoms with E-state index in [-0.39, 0.29) is 10.8 Å². The molecular weight excluding hydrogens is 277 g/mol. The van der Waals surface area contributed by atoms with Crippen LogP contribution in [0.1, 0.15) is 17.3 Å². The molecule has 4 heteroatoms. The van der Waals surface area contributed by atoms with Crippen LogP contribution in [0.2, 0.25) is 5.02 Å². The molecule has 2 nitrogen and oxygen atoms in total. The van der Waals surface area contributed by atoms with Crippen LogP contribution in [0.4, 0.5) is 10.1 Å². The highest BCUT2D eigenvalue weighted by Gasteiger charge is 2.04. The van der Waals surface area contributed by atoms with Crippen LogP contribution in [-0.2, 0) is 0 Å². The van der Waals surface area contributed by atoms with Crippen LogP contribution >= 0.6 is 11.6 Å². The van der Waals surface area contributed by atoms with E-state index < -0.39 is 5.82 Å². The lowest BCUT2D eigenvalue weighted by molar-refractivity contribution is 0.104. The molecule has 0 aliphatic rings. The summed E-state index contributed by atoms with van der Waals surface area (Å²) in [6.07, 6.45) is 1.49. The number of rotatable bonds is 4. The molecule has 0 unspecified atom stereocenters. The lowest BCUT2D eigenvalue weighted by Crippen LogP contribution is -2.01. The van der Waals surface area contributed by atoms with E-state index in [1.165, 1.54) is 18.2 Å². The number of allylic oxidation sites excluding steroid dienone is 2. The molecule has 102 valence electrons. The van der Waals surface area contributed by atoms with Gasteiger partial charge in [-0.2, -0.15) is 0 Å². The summed E-state index contributed by atoms with van der Waals surface area (Å²) in [6.45, 7) is 1.76. The smallest absolute Gasteiger partial charge is 0.187 e. The minimum Gasteiger partial charge on any atom is -0.359 e. The molecule has 0 spiro atoms. The zero-order chi connectivity index (χ0) is 14.5. The van der Waals surface area contributed by atoms with Gasteiger partial charge in [-0.3, -0.25) is 4.79 Å². The summed E-state index contributed by atoms with van der Waals surface area (Å²) in [7, 11) is 0. The van der Waals surface area contributed by atoms with Gasteiger partial charge in [0.05, 0.1) is 5.02 Å². The van der Waals surface area contributed by atoms with Gasteiger partial charge in [0.1, 0.15) is 5.82 Å². The fourth-order valence-electron chi connectivity index (χ4n) is 1.72. The number of nitrogens with one attached hydrogen (secondary N) is 1. The first-order chi connectivity index (χ1) is 9.56. The summed E-state index contributed by atoms with van der Waals surface area (Å²) in [4.78, 5) is 12.0. The molecule has 0 heterocycles. The Bertz CT molecular complexity index is 653. The van der Waals surface area contributed by atoms with Gasteiger partial charge in [-0.05, 0) is 25.1 Å². The van der Waals surface area contributed by atoms with Gasteiger partial charge in [-0.15, -0.1) is 0 Å². The van der Waals surface area contributed by atoms with Gasteiger partial charge in [0.25, 0.3) is 0 Å². The Kier molecular flexibility index (Phi) is 4.53. The van der Waals surface area contributed by atoms with Crippen molar-refractivity contribution in [1.29, 1.82) is 0 Å². The second-order valence-electron chi connectivity index (χ2n) is 4.31. The molecule has 0 radical (unpaired) electrons. The number of hydrogen-bond acceptors (Lipinski definition) is 2. The largest absolute Gasteiger partial charge is 0.359 e. The predicted molar refractivity (Wildman–Crippen MR) is 79.6 cm³/mol. The van der Waals surface area contributed by atoms with E-state index in [9.17, 15) is 9.18 Å². The Balaban J connectivity index is 2.11. The van der Waals surface area contributed by atoms with Gasteiger partial charge in [0, 0.05) is 23.0 Å². The normalized spacial score (nSPS) is 11.2. The van der Waals surface area contributed by atoms with Crippen molar-refractivity contribution >= 4 is 23.1 Å². The van der Waals surface area contributed by atoms with E-state index in [0.717, 1.165) is 0 Å². The highest BCUT2D eigenvalue weighted by molar-refractivity contribution is 6.31. The average molecular weight is 290 g/mol. The van der Waals surface area contributed by atoms with Crippen LogP contribution < -0.4 is 5.32 Å². The Labute approximate surface area is 121 Å². The van der Waals surface area contributed by atoms with Crippen molar-refractivity contribution in [2.45, 2.75) is 6.92 Å². The molecule has 2 aromatic carbocycles. The number of carbonyl (C=O) groups is 1. The molecule has 0 fully saturated rings. The molecule has 0 aliphatic carbocycles. The lowest BCUT2D eigenvalue weighted by atomic mass is 10.1. The highest BCUT2D eigenvalue weighted by Crippen LogP contribution is 2.20. The summed E-state index contributed by atoms with van der Waals surface area (Å²) in [5.74, 6) is -0.567. The van der Waals surface area contributed by atoms with Crippen LogP contribution in [0.5, 0.6) is 0 Å². The van der Waals surface area contributed by atoms with E-state index in [1.807, 2.05) is 18.2 Å². The molecule has 0 saturated carbocycles. The Morgan fingerprint density at radius 3 is 2.55 bits per heavy atom. The monoisotopic (exact) mass is 289 g/mol. The molecule has 0 amide bonds. The van der Waals surface area contributed by atoms with E-state index in [4.69, 9.17) is 11.6 Å². The number of carbonyl (C=O) groups excluding carboxylic acids is 1. The SMILES string of the molecule is CC(=CC(=O)c1ccccc1)Nc1ccc(F)c(Cl)c1. The maximum absolute atomic E-state index is 13.0. The Morgan fingerprint density at radius 2 is 1.90 bits per heavy atom. The van der Waals surface area contributed by atoms with Crippen molar-refractivity contribution in [3.63, 3.8) is 0 Å². The Hall–Kier alpha value is -2.13. The molecular formula is C16H13ClFNO. The molecule has 20 heavy (non-hydrogen) atoms. The number of benzene rings is 2. The molecule has 0 aromatic heterocycles. The van der Waals surface area contributed by atoms with Crippen molar-refractivity contribution in [2.75, 3.05) is 5.32 Å². The van der Waals surface area contributed by atoms with E-state index in [2.05, 4.69) is 5.32 Å². The summed E-state index contributed by atoms with van der Waals surface area (Å²) in [5.41, 5.74) is 1.90. The number of anilines is 1.